The molecule has 0 aliphatic carbocycles. The number of benzene rings is 1. The number of Topliss-reactive ketones (excluding diaryl/α,β-unsaturated/α-hetero) is 2. The molecule has 0 saturated heterocycles. The second-order valence-electron chi connectivity index (χ2n) is 3.67. The number of hydrogen-bond donors (Lipinski definition) is 0. The van der Waals surface area contributed by atoms with Gasteiger partial charge in [0.25, 0.3) is 0 Å². The van der Waals surface area contributed by atoms with Crippen LogP contribution >= 0.6 is 0 Å². The lowest BCUT2D eigenvalue weighted by atomic mass is 10.0. The molecule has 15 heavy (non-hydrogen) atoms. The maximum absolute atomic E-state index is 11.5. The first-order chi connectivity index (χ1) is 7.22. The number of rotatable bonds is 6. The molecule has 2 nitrogen and oxygen atoms in total. The van der Waals surface area contributed by atoms with Crippen molar-refractivity contribution < 1.29 is 9.59 Å². The zero-order valence-corrected chi connectivity index (χ0v) is 9.03. The Morgan fingerprint density at radius 1 is 1.07 bits per heavy atom. The van der Waals surface area contributed by atoms with Gasteiger partial charge in [-0.05, 0) is 12.0 Å². The van der Waals surface area contributed by atoms with Gasteiger partial charge in [-0.25, -0.2) is 0 Å². The largest absolute Gasteiger partial charge is 0.299 e. The molecule has 0 radical (unpaired) electrons. The van der Waals surface area contributed by atoms with Crippen LogP contribution in [-0.2, 0) is 16.0 Å². The van der Waals surface area contributed by atoms with Crippen LogP contribution in [0.2, 0.25) is 0 Å². The molecular formula is C13H16O2. The molecule has 0 amide bonds. The van der Waals surface area contributed by atoms with E-state index in [1.807, 2.05) is 37.3 Å². The van der Waals surface area contributed by atoms with Gasteiger partial charge in [-0.15, -0.1) is 0 Å². The van der Waals surface area contributed by atoms with Gasteiger partial charge in [-0.2, -0.15) is 0 Å². The van der Waals surface area contributed by atoms with E-state index in [0.717, 1.165) is 12.0 Å². The maximum Gasteiger partial charge on any atom is 0.144 e. The molecule has 0 aliphatic heterocycles. The minimum absolute atomic E-state index is 0.0136. The molecule has 80 valence electrons. The van der Waals surface area contributed by atoms with Gasteiger partial charge in [0, 0.05) is 12.8 Å². The van der Waals surface area contributed by atoms with Crippen LogP contribution in [0.1, 0.15) is 31.7 Å². The van der Waals surface area contributed by atoms with Crippen molar-refractivity contribution in [1.29, 1.82) is 0 Å². The smallest absolute Gasteiger partial charge is 0.144 e. The third-order valence-electron chi connectivity index (χ3n) is 2.17. The van der Waals surface area contributed by atoms with Crippen molar-refractivity contribution in [3.63, 3.8) is 0 Å². The molecule has 0 bridgehead atoms. The van der Waals surface area contributed by atoms with Crippen molar-refractivity contribution in [2.24, 2.45) is 0 Å². The summed E-state index contributed by atoms with van der Waals surface area (Å²) in [6, 6.07) is 9.52. The zero-order chi connectivity index (χ0) is 11.1. The van der Waals surface area contributed by atoms with Gasteiger partial charge in [0.1, 0.15) is 11.6 Å². The Balaban J connectivity index is 2.40. The van der Waals surface area contributed by atoms with Crippen molar-refractivity contribution in [2.45, 2.75) is 32.6 Å². The van der Waals surface area contributed by atoms with Crippen LogP contribution < -0.4 is 0 Å². The van der Waals surface area contributed by atoms with Crippen molar-refractivity contribution in [3.05, 3.63) is 35.9 Å². The van der Waals surface area contributed by atoms with E-state index in [1.165, 1.54) is 0 Å². The number of carbonyl (C=O) groups is 2. The monoisotopic (exact) mass is 204 g/mol. The Bertz CT molecular complexity index is 328. The van der Waals surface area contributed by atoms with E-state index in [1.54, 1.807) is 0 Å². The highest BCUT2D eigenvalue weighted by atomic mass is 16.1. The molecule has 0 aliphatic rings. The number of carbonyl (C=O) groups excluding carboxylic acids is 2. The minimum atomic E-state index is 0.0136. The first-order valence-electron chi connectivity index (χ1n) is 5.29. The van der Waals surface area contributed by atoms with Crippen LogP contribution in [-0.4, -0.2) is 11.6 Å². The lowest BCUT2D eigenvalue weighted by molar-refractivity contribution is -0.126. The molecule has 0 N–H and O–H groups in total. The minimum Gasteiger partial charge on any atom is -0.299 e. The van der Waals surface area contributed by atoms with Gasteiger partial charge in [0.2, 0.25) is 0 Å². The maximum atomic E-state index is 11.5. The number of hydrogen-bond acceptors (Lipinski definition) is 2. The summed E-state index contributed by atoms with van der Waals surface area (Å²) in [7, 11) is 0. The Labute approximate surface area is 90.3 Å². The van der Waals surface area contributed by atoms with Gasteiger partial charge >= 0.3 is 0 Å². The summed E-state index contributed by atoms with van der Waals surface area (Å²) in [6.45, 7) is 1.94. The van der Waals surface area contributed by atoms with Crippen molar-refractivity contribution in [3.8, 4) is 0 Å². The van der Waals surface area contributed by atoms with E-state index in [4.69, 9.17) is 0 Å². The average Bonchev–Trinajstić information content (AvgIpc) is 2.19. The summed E-state index contributed by atoms with van der Waals surface area (Å²) < 4.78 is 0. The second-order valence-corrected chi connectivity index (χ2v) is 3.67. The van der Waals surface area contributed by atoms with Crippen molar-refractivity contribution >= 4 is 11.6 Å². The Kier molecular flexibility index (Phi) is 4.75. The van der Waals surface area contributed by atoms with Crippen LogP contribution in [0.5, 0.6) is 0 Å². The average molecular weight is 204 g/mol. The Morgan fingerprint density at radius 3 is 2.33 bits per heavy atom. The van der Waals surface area contributed by atoms with E-state index >= 15 is 0 Å². The summed E-state index contributed by atoms with van der Waals surface area (Å²) >= 11 is 0. The summed E-state index contributed by atoms with van der Waals surface area (Å²) in [5.41, 5.74) is 0.979. The SMILES string of the molecule is CCCC(=O)CC(=O)Cc1ccccc1. The molecule has 0 unspecified atom stereocenters. The quantitative estimate of drug-likeness (QED) is 0.667. The fourth-order valence-corrected chi connectivity index (χ4v) is 1.47. The second kappa shape index (κ2) is 6.12. The van der Waals surface area contributed by atoms with Crippen LogP contribution in [0.4, 0.5) is 0 Å². The van der Waals surface area contributed by atoms with Gasteiger partial charge in [0.05, 0.1) is 6.42 Å². The van der Waals surface area contributed by atoms with Gasteiger partial charge in [0.15, 0.2) is 0 Å². The molecule has 0 fully saturated rings. The molecule has 1 rings (SSSR count). The van der Waals surface area contributed by atoms with Crippen LogP contribution in [0.15, 0.2) is 30.3 Å². The Hall–Kier alpha value is -1.44. The molecule has 0 saturated carbocycles. The van der Waals surface area contributed by atoms with E-state index in [2.05, 4.69) is 0 Å². The molecule has 2 heteroatoms. The fraction of sp³-hybridized carbons (Fsp3) is 0.385. The first-order valence-corrected chi connectivity index (χ1v) is 5.29. The zero-order valence-electron chi connectivity index (χ0n) is 9.03. The predicted molar refractivity (Wildman–Crippen MR) is 59.7 cm³/mol. The molecular weight excluding hydrogens is 188 g/mol. The molecule has 0 aromatic heterocycles. The van der Waals surface area contributed by atoms with E-state index in [0.29, 0.717) is 12.8 Å². The highest BCUT2D eigenvalue weighted by Crippen LogP contribution is 2.03. The van der Waals surface area contributed by atoms with Crippen molar-refractivity contribution in [1.82, 2.24) is 0 Å². The molecule has 0 spiro atoms. The Morgan fingerprint density at radius 2 is 1.73 bits per heavy atom. The van der Waals surface area contributed by atoms with Gasteiger partial charge in [-0.1, -0.05) is 37.3 Å². The van der Waals surface area contributed by atoms with Crippen molar-refractivity contribution in [2.75, 3.05) is 0 Å². The van der Waals surface area contributed by atoms with E-state index in [9.17, 15) is 9.59 Å². The highest BCUT2D eigenvalue weighted by Gasteiger charge is 2.08. The third-order valence-corrected chi connectivity index (χ3v) is 2.17. The normalized spacial score (nSPS) is 9.93. The van der Waals surface area contributed by atoms with E-state index in [-0.39, 0.29) is 18.0 Å². The molecule has 1 aromatic carbocycles. The summed E-state index contributed by atoms with van der Waals surface area (Å²) in [6.07, 6.45) is 1.79. The molecule has 0 atom stereocenters. The molecule has 1 aromatic rings. The first kappa shape index (κ1) is 11.6. The third kappa shape index (κ3) is 4.54. The summed E-state index contributed by atoms with van der Waals surface area (Å²) in [4.78, 5) is 22.7. The van der Waals surface area contributed by atoms with Crippen LogP contribution in [0, 0.1) is 0 Å². The lowest BCUT2D eigenvalue weighted by Crippen LogP contribution is -2.09. The highest BCUT2D eigenvalue weighted by molar-refractivity contribution is 5.99. The van der Waals surface area contributed by atoms with Crippen LogP contribution in [0.25, 0.3) is 0 Å². The fourth-order valence-electron chi connectivity index (χ4n) is 1.47. The van der Waals surface area contributed by atoms with Gasteiger partial charge in [-0.3, -0.25) is 9.59 Å². The van der Waals surface area contributed by atoms with Gasteiger partial charge < -0.3 is 0 Å². The topological polar surface area (TPSA) is 34.1 Å². The lowest BCUT2D eigenvalue weighted by Gasteiger charge is -2.00. The standard InChI is InChI=1S/C13H16O2/c1-2-6-12(14)10-13(15)9-11-7-4-3-5-8-11/h3-5,7-8H,2,6,9-10H2,1H3. The predicted octanol–water partition coefficient (Wildman–Crippen LogP) is 2.56. The van der Waals surface area contributed by atoms with E-state index < -0.39 is 0 Å². The molecule has 0 heterocycles. The van der Waals surface area contributed by atoms with Crippen LogP contribution in [0.3, 0.4) is 0 Å². The number of ketones is 2. The summed E-state index contributed by atoms with van der Waals surface area (Å²) in [5, 5.41) is 0. The summed E-state index contributed by atoms with van der Waals surface area (Å²) in [5.74, 6) is 0.0677.